The van der Waals surface area contributed by atoms with E-state index in [0.29, 0.717) is 19.7 Å². The second-order valence-corrected chi connectivity index (χ2v) is 4.83. The summed E-state index contributed by atoms with van der Waals surface area (Å²) in [7, 11) is 1.68. The smallest absolute Gasteiger partial charge is 0.223 e. The molecule has 1 aliphatic rings. The summed E-state index contributed by atoms with van der Waals surface area (Å²) in [6, 6.07) is 0.198. The van der Waals surface area contributed by atoms with Gasteiger partial charge in [0.15, 0.2) is 5.96 Å². The van der Waals surface area contributed by atoms with Crippen LogP contribution in [-0.2, 0) is 9.53 Å². The van der Waals surface area contributed by atoms with Crippen LogP contribution in [0.15, 0.2) is 4.99 Å². The van der Waals surface area contributed by atoms with Crippen LogP contribution in [0.5, 0.6) is 0 Å². The predicted octanol–water partition coefficient (Wildman–Crippen LogP) is 0.721. The van der Waals surface area contributed by atoms with Crippen LogP contribution in [0.1, 0.15) is 26.7 Å². The van der Waals surface area contributed by atoms with E-state index in [1.165, 1.54) is 0 Å². The standard InChI is InChI=1S/C13H26N4O2.HI/c1-4-14-13(17-10(2)9-19-3)16-8-7-15-12(18)11-5-6-11;/h10-11H,4-9H2,1-3H3,(H,15,18)(H2,14,16,17);1H. The van der Waals surface area contributed by atoms with Gasteiger partial charge in [0.25, 0.3) is 0 Å². The topological polar surface area (TPSA) is 74.8 Å². The van der Waals surface area contributed by atoms with E-state index >= 15 is 0 Å². The van der Waals surface area contributed by atoms with Gasteiger partial charge in [-0.05, 0) is 26.7 Å². The number of hydrogen-bond donors (Lipinski definition) is 3. The lowest BCUT2D eigenvalue weighted by molar-refractivity contribution is -0.122. The summed E-state index contributed by atoms with van der Waals surface area (Å²) in [6.07, 6.45) is 2.07. The number of nitrogens with zero attached hydrogens (tertiary/aromatic N) is 1. The molecular formula is C13H27IN4O2. The highest BCUT2D eigenvalue weighted by Gasteiger charge is 2.28. The molecule has 0 aromatic rings. The molecule has 1 amide bonds. The molecule has 0 spiro atoms. The summed E-state index contributed by atoms with van der Waals surface area (Å²) in [6.45, 7) is 6.65. The highest BCUT2D eigenvalue weighted by molar-refractivity contribution is 14.0. The molecule has 0 heterocycles. The van der Waals surface area contributed by atoms with Crippen molar-refractivity contribution < 1.29 is 9.53 Å². The Hall–Kier alpha value is -0.570. The van der Waals surface area contributed by atoms with Crippen LogP contribution in [0.3, 0.4) is 0 Å². The van der Waals surface area contributed by atoms with Crippen molar-refractivity contribution in [3.05, 3.63) is 0 Å². The molecular weight excluding hydrogens is 371 g/mol. The van der Waals surface area contributed by atoms with Crippen LogP contribution in [0.2, 0.25) is 0 Å². The highest BCUT2D eigenvalue weighted by Crippen LogP contribution is 2.28. The Balaban J connectivity index is 0.00000361. The van der Waals surface area contributed by atoms with Gasteiger partial charge < -0.3 is 20.7 Å². The fraction of sp³-hybridized carbons (Fsp3) is 0.846. The molecule has 1 rings (SSSR count). The Labute approximate surface area is 138 Å². The van der Waals surface area contributed by atoms with Gasteiger partial charge in [-0.25, -0.2) is 0 Å². The number of ether oxygens (including phenoxy) is 1. The zero-order valence-electron chi connectivity index (χ0n) is 12.6. The first-order valence-electron chi connectivity index (χ1n) is 6.98. The van der Waals surface area contributed by atoms with E-state index in [0.717, 1.165) is 25.3 Å². The Kier molecular flexibility index (Phi) is 10.8. The Morgan fingerprint density at radius 1 is 1.40 bits per heavy atom. The van der Waals surface area contributed by atoms with E-state index < -0.39 is 0 Å². The number of carbonyl (C=O) groups is 1. The average molecular weight is 398 g/mol. The van der Waals surface area contributed by atoms with Gasteiger partial charge in [0, 0.05) is 32.2 Å². The average Bonchev–Trinajstić information content (AvgIpc) is 3.19. The second kappa shape index (κ2) is 11.1. The Morgan fingerprint density at radius 3 is 2.65 bits per heavy atom. The first-order chi connectivity index (χ1) is 9.17. The van der Waals surface area contributed by atoms with Crippen LogP contribution in [0.25, 0.3) is 0 Å². The third-order valence-electron chi connectivity index (χ3n) is 2.77. The molecule has 7 heteroatoms. The van der Waals surface area contributed by atoms with Crippen LogP contribution in [0, 0.1) is 5.92 Å². The molecule has 1 atom stereocenters. The van der Waals surface area contributed by atoms with E-state index in [1.54, 1.807) is 7.11 Å². The van der Waals surface area contributed by atoms with Gasteiger partial charge >= 0.3 is 0 Å². The Bertz CT molecular complexity index is 309. The molecule has 1 fully saturated rings. The van der Waals surface area contributed by atoms with Gasteiger partial charge in [-0.2, -0.15) is 0 Å². The van der Waals surface area contributed by atoms with E-state index in [4.69, 9.17) is 4.74 Å². The molecule has 0 saturated heterocycles. The van der Waals surface area contributed by atoms with Gasteiger partial charge in [-0.1, -0.05) is 0 Å². The summed E-state index contributed by atoms with van der Waals surface area (Å²) < 4.78 is 5.07. The summed E-state index contributed by atoms with van der Waals surface area (Å²) in [5.41, 5.74) is 0. The van der Waals surface area contributed by atoms with E-state index in [1.807, 2.05) is 13.8 Å². The molecule has 1 aliphatic carbocycles. The second-order valence-electron chi connectivity index (χ2n) is 4.83. The molecule has 3 N–H and O–H groups in total. The van der Waals surface area contributed by atoms with Crippen molar-refractivity contribution in [2.45, 2.75) is 32.7 Å². The van der Waals surface area contributed by atoms with Crippen molar-refractivity contribution in [2.75, 3.05) is 33.4 Å². The lowest BCUT2D eigenvalue weighted by Gasteiger charge is -2.17. The maximum Gasteiger partial charge on any atom is 0.223 e. The van der Waals surface area contributed by atoms with Gasteiger partial charge in [0.2, 0.25) is 5.91 Å². The molecule has 1 unspecified atom stereocenters. The lowest BCUT2D eigenvalue weighted by atomic mass is 10.4. The third-order valence-corrected chi connectivity index (χ3v) is 2.77. The number of rotatable bonds is 8. The maximum absolute atomic E-state index is 11.4. The Morgan fingerprint density at radius 2 is 2.10 bits per heavy atom. The minimum Gasteiger partial charge on any atom is -0.383 e. The third kappa shape index (κ3) is 8.57. The largest absolute Gasteiger partial charge is 0.383 e. The SMILES string of the molecule is CCNC(=NCCNC(=O)C1CC1)NC(C)COC.I. The number of guanidine groups is 1. The summed E-state index contributed by atoms with van der Waals surface area (Å²) >= 11 is 0. The quantitative estimate of drug-likeness (QED) is 0.244. The first-order valence-corrected chi connectivity index (χ1v) is 6.98. The van der Waals surface area contributed by atoms with Crippen LogP contribution in [0.4, 0.5) is 0 Å². The molecule has 118 valence electrons. The van der Waals surface area contributed by atoms with Gasteiger partial charge in [-0.3, -0.25) is 9.79 Å². The first kappa shape index (κ1) is 19.4. The zero-order chi connectivity index (χ0) is 14.1. The normalized spacial score (nSPS) is 16.1. The molecule has 0 aromatic carbocycles. The molecule has 0 aliphatic heterocycles. The van der Waals surface area contributed by atoms with E-state index in [2.05, 4.69) is 20.9 Å². The minimum absolute atomic E-state index is 0. The van der Waals surface area contributed by atoms with Crippen molar-refractivity contribution in [3.8, 4) is 0 Å². The number of hydrogen-bond acceptors (Lipinski definition) is 3. The lowest BCUT2D eigenvalue weighted by Crippen LogP contribution is -2.44. The van der Waals surface area contributed by atoms with Gasteiger partial charge in [0.05, 0.1) is 13.2 Å². The zero-order valence-corrected chi connectivity index (χ0v) is 14.9. The number of aliphatic imine (C=N–C) groups is 1. The van der Waals surface area contributed by atoms with Crippen molar-refractivity contribution in [1.82, 2.24) is 16.0 Å². The van der Waals surface area contributed by atoms with E-state index in [9.17, 15) is 4.79 Å². The van der Waals surface area contributed by atoms with E-state index in [-0.39, 0.29) is 41.8 Å². The number of methoxy groups -OCH3 is 1. The number of halogens is 1. The summed E-state index contributed by atoms with van der Waals surface area (Å²) in [5, 5.41) is 9.30. The molecule has 0 bridgehead atoms. The number of amides is 1. The van der Waals surface area contributed by atoms with Gasteiger partial charge in [-0.15, -0.1) is 24.0 Å². The van der Waals surface area contributed by atoms with Crippen LogP contribution in [-0.4, -0.2) is 51.3 Å². The van der Waals surface area contributed by atoms with Crippen molar-refractivity contribution in [1.29, 1.82) is 0 Å². The van der Waals surface area contributed by atoms with Gasteiger partial charge in [0.1, 0.15) is 0 Å². The minimum atomic E-state index is 0. The van der Waals surface area contributed by atoms with Crippen LogP contribution < -0.4 is 16.0 Å². The van der Waals surface area contributed by atoms with Crippen molar-refractivity contribution >= 4 is 35.8 Å². The number of nitrogens with one attached hydrogen (secondary N) is 3. The molecule has 6 nitrogen and oxygen atoms in total. The molecule has 0 aromatic heterocycles. The van der Waals surface area contributed by atoms with Crippen molar-refractivity contribution in [3.63, 3.8) is 0 Å². The molecule has 0 radical (unpaired) electrons. The monoisotopic (exact) mass is 398 g/mol. The number of carbonyl (C=O) groups excluding carboxylic acids is 1. The molecule has 1 saturated carbocycles. The predicted molar refractivity (Wildman–Crippen MR) is 91.6 cm³/mol. The fourth-order valence-corrected chi connectivity index (χ4v) is 1.68. The highest BCUT2D eigenvalue weighted by atomic mass is 127. The fourth-order valence-electron chi connectivity index (χ4n) is 1.68. The van der Waals surface area contributed by atoms with Crippen LogP contribution >= 0.6 is 24.0 Å². The maximum atomic E-state index is 11.4. The summed E-state index contributed by atoms with van der Waals surface area (Å²) in [4.78, 5) is 15.8. The molecule has 20 heavy (non-hydrogen) atoms. The summed E-state index contributed by atoms with van der Waals surface area (Å²) in [5.74, 6) is 1.19. The van der Waals surface area contributed by atoms with Crippen molar-refractivity contribution in [2.24, 2.45) is 10.9 Å².